The maximum atomic E-state index is 11.4. The van der Waals surface area contributed by atoms with Crippen LogP contribution >= 0.6 is 0 Å². The lowest BCUT2D eigenvalue weighted by atomic mass is 9.76. The SMILES string of the molecule is CCCCCCCC(C)(CCCC)CCCOC(=O)C(C)N. The van der Waals surface area contributed by atoms with Gasteiger partial charge in [-0.15, -0.1) is 0 Å². The van der Waals surface area contributed by atoms with E-state index < -0.39 is 6.04 Å². The molecule has 0 aromatic rings. The first-order chi connectivity index (χ1) is 10.4. The summed E-state index contributed by atoms with van der Waals surface area (Å²) in [6.07, 6.45) is 14.0. The number of ether oxygens (including phenoxy) is 1. The molecular weight excluding hydrogens is 274 g/mol. The molecule has 2 unspecified atom stereocenters. The maximum Gasteiger partial charge on any atom is 0.322 e. The molecule has 0 aliphatic carbocycles. The summed E-state index contributed by atoms with van der Waals surface area (Å²) in [5.41, 5.74) is 5.91. The van der Waals surface area contributed by atoms with Gasteiger partial charge < -0.3 is 10.5 Å². The van der Waals surface area contributed by atoms with E-state index in [9.17, 15) is 4.79 Å². The Morgan fingerprint density at radius 3 is 2.09 bits per heavy atom. The molecule has 2 atom stereocenters. The van der Waals surface area contributed by atoms with Crippen molar-refractivity contribution >= 4 is 5.97 Å². The van der Waals surface area contributed by atoms with Crippen LogP contribution in [0.25, 0.3) is 0 Å². The van der Waals surface area contributed by atoms with E-state index in [1.165, 1.54) is 57.8 Å². The highest BCUT2D eigenvalue weighted by atomic mass is 16.5. The summed E-state index contributed by atoms with van der Waals surface area (Å²) in [6.45, 7) is 9.11. The molecule has 0 heterocycles. The van der Waals surface area contributed by atoms with E-state index >= 15 is 0 Å². The lowest BCUT2D eigenvalue weighted by molar-refractivity contribution is -0.145. The van der Waals surface area contributed by atoms with Gasteiger partial charge in [-0.2, -0.15) is 0 Å². The van der Waals surface area contributed by atoms with E-state index in [1.807, 2.05) is 0 Å². The van der Waals surface area contributed by atoms with Crippen molar-refractivity contribution in [2.45, 2.75) is 104 Å². The topological polar surface area (TPSA) is 52.3 Å². The fraction of sp³-hybridized carbons (Fsp3) is 0.947. The Bertz CT molecular complexity index is 279. The summed E-state index contributed by atoms with van der Waals surface area (Å²) in [6, 6.07) is -0.509. The second kappa shape index (κ2) is 12.9. The first kappa shape index (κ1) is 21.4. The summed E-state index contributed by atoms with van der Waals surface area (Å²) in [7, 11) is 0. The van der Waals surface area contributed by atoms with Crippen molar-refractivity contribution in [3.8, 4) is 0 Å². The third-order valence-electron chi connectivity index (χ3n) is 4.56. The lowest BCUT2D eigenvalue weighted by Crippen LogP contribution is -2.29. The van der Waals surface area contributed by atoms with Crippen LogP contribution in [0.3, 0.4) is 0 Å². The molecule has 3 heteroatoms. The van der Waals surface area contributed by atoms with E-state index in [-0.39, 0.29) is 5.97 Å². The first-order valence-corrected chi connectivity index (χ1v) is 9.37. The van der Waals surface area contributed by atoms with E-state index in [4.69, 9.17) is 10.5 Å². The van der Waals surface area contributed by atoms with Gasteiger partial charge in [-0.05, 0) is 38.0 Å². The average molecular weight is 314 g/mol. The van der Waals surface area contributed by atoms with Crippen molar-refractivity contribution < 1.29 is 9.53 Å². The van der Waals surface area contributed by atoms with Crippen LogP contribution in [0, 0.1) is 5.41 Å². The van der Waals surface area contributed by atoms with Gasteiger partial charge in [0.25, 0.3) is 0 Å². The normalized spacial score (nSPS) is 15.3. The van der Waals surface area contributed by atoms with Crippen molar-refractivity contribution in [3.63, 3.8) is 0 Å². The molecule has 0 aromatic carbocycles. The summed E-state index contributed by atoms with van der Waals surface area (Å²) in [5, 5.41) is 0. The molecule has 0 rings (SSSR count). The predicted octanol–water partition coefficient (Wildman–Crippen LogP) is 5.21. The first-order valence-electron chi connectivity index (χ1n) is 9.37. The number of nitrogens with two attached hydrogens (primary N) is 1. The van der Waals surface area contributed by atoms with Crippen LogP contribution in [0.15, 0.2) is 0 Å². The Kier molecular flexibility index (Phi) is 12.6. The highest BCUT2D eigenvalue weighted by Crippen LogP contribution is 2.35. The van der Waals surface area contributed by atoms with Gasteiger partial charge in [-0.25, -0.2) is 0 Å². The van der Waals surface area contributed by atoms with Gasteiger partial charge in [-0.3, -0.25) is 4.79 Å². The zero-order chi connectivity index (χ0) is 16.8. The Balaban J connectivity index is 4.05. The molecule has 0 spiro atoms. The molecule has 2 N–H and O–H groups in total. The van der Waals surface area contributed by atoms with Crippen LogP contribution in [0.5, 0.6) is 0 Å². The van der Waals surface area contributed by atoms with Gasteiger partial charge in [0.15, 0.2) is 0 Å². The third kappa shape index (κ3) is 11.1. The van der Waals surface area contributed by atoms with Gasteiger partial charge in [-0.1, -0.05) is 65.7 Å². The molecule has 3 nitrogen and oxygen atoms in total. The highest BCUT2D eigenvalue weighted by Gasteiger charge is 2.23. The predicted molar refractivity (Wildman–Crippen MR) is 94.9 cm³/mol. The molecule has 0 saturated carbocycles. The van der Waals surface area contributed by atoms with Crippen molar-refractivity contribution in [3.05, 3.63) is 0 Å². The van der Waals surface area contributed by atoms with Crippen molar-refractivity contribution in [2.75, 3.05) is 6.61 Å². The van der Waals surface area contributed by atoms with E-state index in [1.54, 1.807) is 6.92 Å². The van der Waals surface area contributed by atoms with Crippen LogP contribution in [-0.2, 0) is 9.53 Å². The summed E-state index contributed by atoms with van der Waals surface area (Å²) < 4.78 is 5.20. The fourth-order valence-corrected chi connectivity index (χ4v) is 2.94. The van der Waals surface area contributed by atoms with Gasteiger partial charge >= 0.3 is 5.97 Å². The minimum Gasteiger partial charge on any atom is -0.465 e. The molecule has 0 aromatic heterocycles. The smallest absolute Gasteiger partial charge is 0.322 e. The number of carbonyl (C=O) groups is 1. The Morgan fingerprint density at radius 2 is 1.50 bits per heavy atom. The zero-order valence-corrected chi connectivity index (χ0v) is 15.5. The van der Waals surface area contributed by atoms with E-state index in [0.717, 1.165) is 12.8 Å². The van der Waals surface area contributed by atoms with Gasteiger partial charge in [0.1, 0.15) is 6.04 Å². The Hall–Kier alpha value is -0.570. The van der Waals surface area contributed by atoms with Crippen LogP contribution in [0.4, 0.5) is 0 Å². The number of esters is 1. The highest BCUT2D eigenvalue weighted by molar-refractivity contribution is 5.74. The molecule has 0 saturated heterocycles. The minimum atomic E-state index is -0.509. The largest absolute Gasteiger partial charge is 0.465 e. The fourth-order valence-electron chi connectivity index (χ4n) is 2.94. The second-order valence-electron chi connectivity index (χ2n) is 7.14. The Morgan fingerprint density at radius 1 is 0.955 bits per heavy atom. The maximum absolute atomic E-state index is 11.4. The van der Waals surface area contributed by atoms with Crippen molar-refractivity contribution in [1.82, 2.24) is 0 Å². The number of unbranched alkanes of at least 4 members (excludes halogenated alkanes) is 5. The molecule has 0 aliphatic rings. The van der Waals surface area contributed by atoms with Gasteiger partial charge in [0.2, 0.25) is 0 Å². The van der Waals surface area contributed by atoms with Crippen LogP contribution in [0.1, 0.15) is 98.3 Å². The Labute approximate surface area is 138 Å². The number of rotatable bonds is 14. The molecule has 132 valence electrons. The van der Waals surface area contributed by atoms with E-state index in [2.05, 4.69) is 20.8 Å². The number of hydrogen-bond donors (Lipinski definition) is 1. The van der Waals surface area contributed by atoms with Crippen LogP contribution in [-0.4, -0.2) is 18.6 Å². The van der Waals surface area contributed by atoms with Crippen molar-refractivity contribution in [2.24, 2.45) is 11.1 Å². The summed E-state index contributed by atoms with van der Waals surface area (Å²) in [5.74, 6) is -0.283. The zero-order valence-electron chi connectivity index (χ0n) is 15.5. The standard InChI is InChI=1S/C19H39NO2/c1-5-7-9-10-11-14-19(4,13-8-6-2)15-12-16-22-18(21)17(3)20/h17H,5-16,20H2,1-4H3. The monoisotopic (exact) mass is 313 g/mol. The second-order valence-corrected chi connectivity index (χ2v) is 7.14. The molecule has 0 aliphatic heterocycles. The van der Waals surface area contributed by atoms with E-state index in [0.29, 0.717) is 12.0 Å². The minimum absolute atomic E-state index is 0.283. The molecule has 0 radical (unpaired) electrons. The quantitative estimate of drug-likeness (QED) is 0.353. The molecule has 0 amide bonds. The summed E-state index contributed by atoms with van der Waals surface area (Å²) >= 11 is 0. The van der Waals surface area contributed by atoms with Crippen molar-refractivity contribution in [1.29, 1.82) is 0 Å². The number of carbonyl (C=O) groups excluding carboxylic acids is 1. The molecular formula is C19H39NO2. The average Bonchev–Trinajstić information content (AvgIpc) is 2.49. The van der Waals surface area contributed by atoms with Crippen LogP contribution in [0.2, 0.25) is 0 Å². The molecule has 22 heavy (non-hydrogen) atoms. The molecule has 0 fully saturated rings. The molecule has 0 bridgehead atoms. The summed E-state index contributed by atoms with van der Waals surface area (Å²) in [4.78, 5) is 11.4. The van der Waals surface area contributed by atoms with Crippen LogP contribution < -0.4 is 5.73 Å². The number of hydrogen-bond acceptors (Lipinski definition) is 3. The third-order valence-corrected chi connectivity index (χ3v) is 4.56. The van der Waals surface area contributed by atoms with Gasteiger partial charge in [0.05, 0.1) is 6.61 Å². The lowest BCUT2D eigenvalue weighted by Gasteiger charge is -2.30. The van der Waals surface area contributed by atoms with Gasteiger partial charge in [0, 0.05) is 0 Å².